The Hall–Kier alpha value is -3.04. The lowest BCUT2D eigenvalue weighted by molar-refractivity contribution is -0.148. The molecule has 0 N–H and O–H groups in total. The van der Waals surface area contributed by atoms with Gasteiger partial charge in [-0.05, 0) is 30.7 Å². The van der Waals surface area contributed by atoms with E-state index in [0.29, 0.717) is 11.5 Å². The van der Waals surface area contributed by atoms with Gasteiger partial charge in [0.1, 0.15) is 0 Å². The highest BCUT2D eigenvalue weighted by atomic mass is 19.4. The van der Waals surface area contributed by atoms with Crippen LogP contribution in [0.15, 0.2) is 24.3 Å². The van der Waals surface area contributed by atoms with E-state index in [1.165, 1.54) is 11.0 Å². The van der Waals surface area contributed by atoms with E-state index in [9.17, 15) is 18.0 Å². The largest absolute Gasteiger partial charge is 0.454 e. The fourth-order valence-corrected chi connectivity index (χ4v) is 3.18. The van der Waals surface area contributed by atoms with Crippen LogP contribution < -0.4 is 9.47 Å². The number of carbonyl (C=O) groups excluding carboxylic acids is 1. The molecule has 4 rings (SSSR count). The van der Waals surface area contributed by atoms with Gasteiger partial charge in [0.15, 0.2) is 17.3 Å². The first-order valence-electron chi connectivity index (χ1n) is 8.23. The van der Waals surface area contributed by atoms with Crippen LogP contribution in [0.1, 0.15) is 30.2 Å². The van der Waals surface area contributed by atoms with Crippen LogP contribution in [0.25, 0.3) is 6.08 Å². The number of hydrogen-bond donors (Lipinski definition) is 0. The molecular weight excluding hydrogens is 365 g/mol. The van der Waals surface area contributed by atoms with Crippen molar-refractivity contribution >= 4 is 12.0 Å². The molecule has 0 fully saturated rings. The lowest BCUT2D eigenvalue weighted by Crippen LogP contribution is -2.41. The monoisotopic (exact) mass is 380 g/mol. The van der Waals surface area contributed by atoms with Crippen LogP contribution in [0, 0.1) is 0 Å². The van der Waals surface area contributed by atoms with Gasteiger partial charge in [0, 0.05) is 19.2 Å². The van der Waals surface area contributed by atoms with E-state index < -0.39 is 18.0 Å². The first kappa shape index (κ1) is 17.4. The van der Waals surface area contributed by atoms with Crippen molar-refractivity contribution < 1.29 is 27.4 Å². The summed E-state index contributed by atoms with van der Waals surface area (Å²) in [6, 6.07) is 4.66. The standard InChI is InChI=1S/C17H15F3N4O3/c1-10-15-21-22-16(17(18,19)20)24(15)7-6-23(10)14(25)5-3-11-2-4-12-13(8-11)27-9-26-12/h2-5,8,10H,6-7,9H2,1H3/b5-3+. The number of amides is 1. The molecule has 1 amide bonds. The summed E-state index contributed by atoms with van der Waals surface area (Å²) in [5.74, 6) is 0.0142. The molecule has 0 saturated carbocycles. The van der Waals surface area contributed by atoms with Crippen molar-refractivity contribution in [1.82, 2.24) is 19.7 Å². The average molecular weight is 380 g/mol. The maximum absolute atomic E-state index is 13.0. The van der Waals surface area contributed by atoms with Crippen LogP contribution >= 0.6 is 0 Å². The van der Waals surface area contributed by atoms with Gasteiger partial charge in [-0.3, -0.25) is 4.79 Å². The van der Waals surface area contributed by atoms with Crippen LogP contribution in [0.3, 0.4) is 0 Å². The van der Waals surface area contributed by atoms with Crippen molar-refractivity contribution in [2.45, 2.75) is 25.7 Å². The fraction of sp³-hybridized carbons (Fsp3) is 0.353. The number of carbonyl (C=O) groups is 1. The van der Waals surface area contributed by atoms with E-state index >= 15 is 0 Å². The first-order valence-corrected chi connectivity index (χ1v) is 8.23. The Labute approximate surface area is 152 Å². The van der Waals surface area contributed by atoms with Gasteiger partial charge in [0.25, 0.3) is 0 Å². The third-order valence-corrected chi connectivity index (χ3v) is 4.54. The van der Waals surface area contributed by atoms with Crippen molar-refractivity contribution in [3.05, 3.63) is 41.5 Å². The van der Waals surface area contributed by atoms with Crippen molar-refractivity contribution in [2.24, 2.45) is 0 Å². The maximum atomic E-state index is 13.0. The zero-order chi connectivity index (χ0) is 19.2. The van der Waals surface area contributed by atoms with Crippen molar-refractivity contribution in [1.29, 1.82) is 0 Å². The summed E-state index contributed by atoms with van der Waals surface area (Å²) < 4.78 is 50.4. The molecule has 1 unspecified atom stereocenters. The van der Waals surface area contributed by atoms with Crippen molar-refractivity contribution in [3.8, 4) is 11.5 Å². The highest BCUT2D eigenvalue weighted by Gasteiger charge is 2.41. The molecule has 7 nitrogen and oxygen atoms in total. The van der Waals surface area contributed by atoms with Crippen molar-refractivity contribution in [3.63, 3.8) is 0 Å². The minimum atomic E-state index is -4.57. The van der Waals surface area contributed by atoms with Gasteiger partial charge in [-0.1, -0.05) is 6.07 Å². The summed E-state index contributed by atoms with van der Waals surface area (Å²) in [4.78, 5) is 14.0. The summed E-state index contributed by atoms with van der Waals surface area (Å²) >= 11 is 0. The fourth-order valence-electron chi connectivity index (χ4n) is 3.18. The minimum Gasteiger partial charge on any atom is -0.454 e. The zero-order valence-electron chi connectivity index (χ0n) is 14.2. The van der Waals surface area contributed by atoms with Crippen LogP contribution in [-0.4, -0.2) is 38.9 Å². The Kier molecular flexibility index (Phi) is 4.05. The van der Waals surface area contributed by atoms with Gasteiger partial charge >= 0.3 is 6.18 Å². The molecule has 0 bridgehead atoms. The molecular formula is C17H15F3N4O3. The lowest BCUT2D eigenvalue weighted by Gasteiger charge is -2.33. The molecule has 2 aliphatic rings. The molecule has 142 valence electrons. The average Bonchev–Trinajstić information content (AvgIpc) is 3.26. The third kappa shape index (κ3) is 3.11. The number of alkyl halides is 3. The summed E-state index contributed by atoms with van der Waals surface area (Å²) in [7, 11) is 0. The topological polar surface area (TPSA) is 69.5 Å². The number of ether oxygens (including phenoxy) is 2. The Balaban J connectivity index is 1.51. The SMILES string of the molecule is CC1c2nnc(C(F)(F)F)n2CCN1C(=O)/C=C/c1ccc2c(c1)OCO2. The second-order valence-corrected chi connectivity index (χ2v) is 6.18. The highest BCUT2D eigenvalue weighted by Crippen LogP contribution is 2.34. The molecule has 10 heteroatoms. The van der Waals surface area contributed by atoms with E-state index in [1.807, 2.05) is 0 Å². The Morgan fingerprint density at radius 1 is 1.22 bits per heavy atom. The molecule has 1 atom stereocenters. The molecule has 27 heavy (non-hydrogen) atoms. The molecule has 1 aromatic carbocycles. The molecule has 0 saturated heterocycles. The second-order valence-electron chi connectivity index (χ2n) is 6.18. The zero-order valence-corrected chi connectivity index (χ0v) is 14.2. The predicted octanol–water partition coefficient (Wildman–Crippen LogP) is 2.64. The van der Waals surface area contributed by atoms with E-state index in [1.54, 1.807) is 31.2 Å². The Morgan fingerprint density at radius 3 is 2.78 bits per heavy atom. The van der Waals surface area contributed by atoms with E-state index in [2.05, 4.69) is 10.2 Å². The van der Waals surface area contributed by atoms with Gasteiger partial charge in [0.2, 0.25) is 18.5 Å². The first-order chi connectivity index (χ1) is 12.8. The number of hydrogen-bond acceptors (Lipinski definition) is 5. The molecule has 0 aliphatic carbocycles. The van der Waals surface area contributed by atoms with Gasteiger partial charge in [0.05, 0.1) is 6.04 Å². The van der Waals surface area contributed by atoms with E-state index in [-0.39, 0.29) is 31.6 Å². The van der Waals surface area contributed by atoms with Gasteiger partial charge in [-0.2, -0.15) is 13.2 Å². The number of nitrogens with zero attached hydrogens (tertiary/aromatic N) is 4. The van der Waals surface area contributed by atoms with Crippen LogP contribution in [0.4, 0.5) is 13.2 Å². The number of rotatable bonds is 2. The van der Waals surface area contributed by atoms with Crippen LogP contribution in [-0.2, 0) is 17.5 Å². The van der Waals surface area contributed by atoms with Crippen LogP contribution in [0.5, 0.6) is 11.5 Å². The third-order valence-electron chi connectivity index (χ3n) is 4.54. The summed E-state index contributed by atoms with van der Waals surface area (Å²) in [6.07, 6.45) is -1.57. The van der Waals surface area contributed by atoms with E-state index in [4.69, 9.17) is 9.47 Å². The molecule has 3 heterocycles. The highest BCUT2D eigenvalue weighted by molar-refractivity contribution is 5.92. The van der Waals surface area contributed by atoms with E-state index in [0.717, 1.165) is 10.1 Å². The predicted molar refractivity (Wildman–Crippen MR) is 86.8 cm³/mol. The smallest absolute Gasteiger partial charge is 0.451 e. The van der Waals surface area contributed by atoms with Crippen molar-refractivity contribution in [2.75, 3.05) is 13.3 Å². The lowest BCUT2D eigenvalue weighted by atomic mass is 10.1. The molecule has 2 aliphatic heterocycles. The number of aromatic nitrogens is 3. The molecule has 1 aromatic heterocycles. The Bertz CT molecular complexity index is 923. The summed E-state index contributed by atoms with van der Waals surface area (Å²) in [6.45, 7) is 1.92. The molecule has 0 radical (unpaired) electrons. The normalized spacial score (nSPS) is 18.8. The molecule has 2 aromatic rings. The van der Waals surface area contributed by atoms with Gasteiger partial charge < -0.3 is 18.9 Å². The number of fused-ring (bicyclic) bond motifs is 2. The number of benzene rings is 1. The summed E-state index contributed by atoms with van der Waals surface area (Å²) in [5, 5.41) is 6.89. The van der Waals surface area contributed by atoms with Crippen LogP contribution in [0.2, 0.25) is 0 Å². The van der Waals surface area contributed by atoms with Gasteiger partial charge in [-0.15, -0.1) is 10.2 Å². The minimum absolute atomic E-state index is 0.00881. The Morgan fingerprint density at radius 2 is 2.00 bits per heavy atom. The second kappa shape index (κ2) is 6.29. The molecule has 0 spiro atoms. The number of halogens is 3. The van der Waals surface area contributed by atoms with Gasteiger partial charge in [-0.25, -0.2) is 0 Å². The summed E-state index contributed by atoms with van der Waals surface area (Å²) in [5.41, 5.74) is 0.750. The maximum Gasteiger partial charge on any atom is 0.451 e. The quantitative estimate of drug-likeness (QED) is 0.750.